The third-order valence-corrected chi connectivity index (χ3v) is 3.59. The molecule has 0 atom stereocenters. The largest absolute Gasteiger partial charge is 0.382 e. The molecule has 2 heterocycles. The Morgan fingerprint density at radius 1 is 1.21 bits per heavy atom. The van der Waals surface area contributed by atoms with Crippen molar-refractivity contribution in [2.45, 2.75) is 27.2 Å². The molecule has 5 heteroatoms. The first-order valence-corrected chi connectivity index (χ1v) is 8.34. The third kappa shape index (κ3) is 3.79. The van der Waals surface area contributed by atoms with Crippen LogP contribution in [0.4, 0.5) is 0 Å². The fourth-order valence-corrected chi connectivity index (χ4v) is 2.49. The highest BCUT2D eigenvalue weighted by Gasteiger charge is 2.12. The van der Waals surface area contributed by atoms with Gasteiger partial charge in [0, 0.05) is 20.0 Å². The van der Waals surface area contributed by atoms with E-state index in [0.717, 1.165) is 23.1 Å². The van der Waals surface area contributed by atoms with Gasteiger partial charge in [-0.1, -0.05) is 44.2 Å². The Bertz CT molecular complexity index is 818. The second-order valence-corrected chi connectivity index (χ2v) is 5.20. The van der Waals surface area contributed by atoms with Crippen LogP contribution in [0, 0.1) is 0 Å². The number of aromatic nitrogens is 3. The van der Waals surface area contributed by atoms with Gasteiger partial charge in [0.2, 0.25) is 0 Å². The Labute approximate surface area is 143 Å². The van der Waals surface area contributed by atoms with E-state index in [9.17, 15) is 0 Å². The fraction of sp³-hybridized carbons (Fsp3) is 0.316. The van der Waals surface area contributed by atoms with Gasteiger partial charge in [0.25, 0.3) is 0 Å². The maximum atomic E-state index is 6.04. The normalized spacial score (nSPS) is 11.2. The highest BCUT2D eigenvalue weighted by Crippen LogP contribution is 2.19. The summed E-state index contributed by atoms with van der Waals surface area (Å²) in [6.07, 6.45) is 2.53. The molecule has 0 spiro atoms. The molecule has 24 heavy (non-hydrogen) atoms. The molecule has 2 aromatic heterocycles. The van der Waals surface area contributed by atoms with Crippen LogP contribution in [-0.2, 0) is 13.5 Å². The van der Waals surface area contributed by atoms with Crippen LogP contribution >= 0.6 is 0 Å². The molecule has 1 aromatic carbocycles. The highest BCUT2D eigenvalue weighted by molar-refractivity contribution is 5.98. The van der Waals surface area contributed by atoms with Gasteiger partial charge in [-0.25, -0.2) is 9.97 Å². The van der Waals surface area contributed by atoms with Crippen LogP contribution in [0.1, 0.15) is 37.7 Å². The molecular formula is C19H25N5. The molecule has 0 aliphatic heterocycles. The van der Waals surface area contributed by atoms with Gasteiger partial charge in [-0.3, -0.25) is 4.99 Å². The predicted octanol–water partition coefficient (Wildman–Crippen LogP) is 3.31. The number of pyridine rings is 1. The fourth-order valence-electron chi connectivity index (χ4n) is 2.49. The molecule has 3 aromatic rings. The Hall–Kier alpha value is -2.69. The van der Waals surface area contributed by atoms with E-state index in [1.807, 2.05) is 56.7 Å². The first kappa shape index (κ1) is 17.7. The van der Waals surface area contributed by atoms with E-state index in [1.54, 1.807) is 6.33 Å². The van der Waals surface area contributed by atoms with Crippen LogP contribution in [0.25, 0.3) is 11.0 Å². The maximum absolute atomic E-state index is 6.04. The van der Waals surface area contributed by atoms with E-state index < -0.39 is 0 Å². The summed E-state index contributed by atoms with van der Waals surface area (Å²) >= 11 is 0. The zero-order valence-electron chi connectivity index (χ0n) is 14.8. The standard InChI is InChI=1S/C17H19N5.C2H6/c1-3-19-17(18)14-10-15-16(20-11-22(15)2)13(21-14)9-12-7-5-4-6-8-12;1-2/h4-8,10-11H,3,9H2,1-2H3,(H2,18,19);1-2H3. The van der Waals surface area contributed by atoms with Crippen LogP contribution < -0.4 is 5.73 Å². The van der Waals surface area contributed by atoms with Crippen molar-refractivity contribution in [1.82, 2.24) is 14.5 Å². The molecule has 0 saturated heterocycles. The lowest BCUT2D eigenvalue weighted by Gasteiger charge is -2.07. The minimum absolute atomic E-state index is 0.472. The van der Waals surface area contributed by atoms with E-state index in [2.05, 4.69) is 22.1 Å². The summed E-state index contributed by atoms with van der Waals surface area (Å²) < 4.78 is 1.98. The second kappa shape index (κ2) is 8.24. The molecule has 0 aliphatic rings. The molecule has 0 saturated carbocycles. The molecule has 2 N–H and O–H groups in total. The number of amidine groups is 1. The number of benzene rings is 1. The summed E-state index contributed by atoms with van der Waals surface area (Å²) in [5, 5.41) is 0. The van der Waals surface area contributed by atoms with Crippen molar-refractivity contribution in [2.75, 3.05) is 6.54 Å². The zero-order valence-corrected chi connectivity index (χ0v) is 14.8. The SMILES string of the molecule is CC.CCN=C(N)c1cc2c(ncn2C)c(Cc2ccccc2)n1. The lowest BCUT2D eigenvalue weighted by Crippen LogP contribution is -2.17. The summed E-state index contributed by atoms with van der Waals surface area (Å²) in [6.45, 7) is 6.60. The Morgan fingerprint density at radius 3 is 2.58 bits per heavy atom. The number of hydrogen-bond donors (Lipinski definition) is 1. The maximum Gasteiger partial charge on any atom is 0.144 e. The van der Waals surface area contributed by atoms with Crippen molar-refractivity contribution >= 4 is 16.9 Å². The predicted molar refractivity (Wildman–Crippen MR) is 100 cm³/mol. The van der Waals surface area contributed by atoms with Gasteiger partial charge < -0.3 is 10.3 Å². The van der Waals surface area contributed by atoms with E-state index in [0.29, 0.717) is 18.1 Å². The van der Waals surface area contributed by atoms with E-state index in [-0.39, 0.29) is 0 Å². The van der Waals surface area contributed by atoms with Gasteiger partial charge in [0.05, 0.1) is 17.5 Å². The van der Waals surface area contributed by atoms with Crippen LogP contribution in [0.2, 0.25) is 0 Å². The summed E-state index contributed by atoms with van der Waals surface area (Å²) in [7, 11) is 1.97. The average molecular weight is 323 g/mol. The van der Waals surface area contributed by atoms with Gasteiger partial charge in [0.15, 0.2) is 0 Å². The molecule has 0 fully saturated rings. The molecular weight excluding hydrogens is 298 g/mol. The summed E-state index contributed by atoms with van der Waals surface area (Å²) in [6, 6.07) is 12.2. The topological polar surface area (TPSA) is 69.1 Å². The highest BCUT2D eigenvalue weighted by atomic mass is 15.0. The Balaban J connectivity index is 0.00000100. The molecule has 0 bridgehead atoms. The number of nitrogens with zero attached hydrogens (tertiary/aromatic N) is 4. The Kier molecular flexibility index (Phi) is 6.07. The first-order chi connectivity index (χ1) is 11.7. The number of aliphatic imine (C=N–C) groups is 1. The Morgan fingerprint density at radius 2 is 1.92 bits per heavy atom. The van der Waals surface area contributed by atoms with Crippen LogP contribution in [0.15, 0.2) is 47.7 Å². The molecule has 5 nitrogen and oxygen atoms in total. The third-order valence-electron chi connectivity index (χ3n) is 3.59. The van der Waals surface area contributed by atoms with Gasteiger partial charge in [0.1, 0.15) is 17.0 Å². The monoisotopic (exact) mass is 323 g/mol. The number of fused-ring (bicyclic) bond motifs is 1. The van der Waals surface area contributed by atoms with E-state index in [4.69, 9.17) is 10.7 Å². The van der Waals surface area contributed by atoms with Crippen molar-refractivity contribution in [3.05, 3.63) is 59.7 Å². The van der Waals surface area contributed by atoms with Gasteiger partial charge in [-0.15, -0.1) is 0 Å². The van der Waals surface area contributed by atoms with Crippen LogP contribution in [0.5, 0.6) is 0 Å². The minimum atomic E-state index is 0.472. The van der Waals surface area contributed by atoms with Crippen molar-refractivity contribution in [1.29, 1.82) is 0 Å². The quantitative estimate of drug-likeness (QED) is 0.591. The molecule has 0 aliphatic carbocycles. The summed E-state index contributed by atoms with van der Waals surface area (Å²) in [4.78, 5) is 13.4. The lowest BCUT2D eigenvalue weighted by atomic mass is 10.1. The number of hydrogen-bond acceptors (Lipinski definition) is 3. The second-order valence-electron chi connectivity index (χ2n) is 5.20. The van der Waals surface area contributed by atoms with Gasteiger partial charge >= 0.3 is 0 Å². The molecule has 0 unspecified atom stereocenters. The molecule has 126 valence electrons. The number of nitrogens with two attached hydrogens (primary N) is 1. The van der Waals surface area contributed by atoms with Crippen molar-refractivity contribution in [2.24, 2.45) is 17.8 Å². The van der Waals surface area contributed by atoms with Crippen LogP contribution in [-0.4, -0.2) is 26.9 Å². The molecule has 0 amide bonds. The van der Waals surface area contributed by atoms with Crippen LogP contribution in [0.3, 0.4) is 0 Å². The average Bonchev–Trinajstić information content (AvgIpc) is 2.99. The summed E-state index contributed by atoms with van der Waals surface area (Å²) in [5.41, 5.74) is 10.8. The van der Waals surface area contributed by atoms with Gasteiger partial charge in [-0.2, -0.15) is 0 Å². The van der Waals surface area contributed by atoms with Crippen molar-refractivity contribution in [3.8, 4) is 0 Å². The number of imidazole rings is 1. The zero-order chi connectivity index (χ0) is 17.5. The molecule has 3 rings (SSSR count). The van der Waals surface area contributed by atoms with Gasteiger partial charge in [-0.05, 0) is 18.6 Å². The summed E-state index contributed by atoms with van der Waals surface area (Å²) in [5.74, 6) is 0.472. The van der Waals surface area contributed by atoms with Crippen molar-refractivity contribution < 1.29 is 0 Å². The lowest BCUT2D eigenvalue weighted by molar-refractivity contribution is 0.946. The van der Waals surface area contributed by atoms with E-state index >= 15 is 0 Å². The van der Waals surface area contributed by atoms with Crippen molar-refractivity contribution in [3.63, 3.8) is 0 Å². The first-order valence-electron chi connectivity index (χ1n) is 8.34. The number of rotatable bonds is 4. The number of aryl methyl sites for hydroxylation is 1. The minimum Gasteiger partial charge on any atom is -0.382 e. The van der Waals surface area contributed by atoms with E-state index in [1.165, 1.54) is 5.56 Å². The molecule has 0 radical (unpaired) electrons. The smallest absolute Gasteiger partial charge is 0.144 e.